The lowest BCUT2D eigenvalue weighted by Crippen LogP contribution is -2.08. The number of hydrogen-bond donors (Lipinski definition) is 1. The molecule has 1 rings (SSSR count). The number of aromatic nitrogens is 1. The van der Waals surface area contributed by atoms with E-state index in [1.165, 1.54) is 12.8 Å². The molecule has 108 valence electrons. The molecule has 0 bridgehead atoms. The van der Waals surface area contributed by atoms with Gasteiger partial charge in [-0.15, -0.1) is 11.3 Å². The van der Waals surface area contributed by atoms with E-state index in [0.717, 1.165) is 29.7 Å². The van der Waals surface area contributed by atoms with Crippen molar-refractivity contribution >= 4 is 22.4 Å². The normalized spacial score (nSPS) is 10.7. The van der Waals surface area contributed by atoms with Gasteiger partial charge in [-0.2, -0.15) is 0 Å². The summed E-state index contributed by atoms with van der Waals surface area (Å²) < 4.78 is 4.90. The molecule has 1 aromatic heterocycles. The molecule has 1 heterocycles. The first-order valence-corrected chi connectivity index (χ1v) is 7.83. The van der Waals surface area contributed by atoms with Gasteiger partial charge in [-0.1, -0.05) is 26.7 Å². The van der Waals surface area contributed by atoms with Crippen LogP contribution in [0.3, 0.4) is 0 Å². The summed E-state index contributed by atoms with van der Waals surface area (Å²) in [6.07, 6.45) is 3.93. The molecule has 0 atom stereocenters. The van der Waals surface area contributed by atoms with Crippen LogP contribution in [0, 0.1) is 5.92 Å². The summed E-state index contributed by atoms with van der Waals surface area (Å²) in [6, 6.07) is 0. The summed E-state index contributed by atoms with van der Waals surface area (Å²) in [5.41, 5.74) is 0.785. The number of esters is 1. The minimum absolute atomic E-state index is 0.212. The van der Waals surface area contributed by atoms with E-state index in [1.54, 1.807) is 11.3 Å². The zero-order valence-electron chi connectivity index (χ0n) is 12.1. The number of rotatable bonds is 9. The second-order valence-corrected chi connectivity index (χ2v) is 5.80. The Balaban J connectivity index is 2.21. The first-order valence-electron chi connectivity index (χ1n) is 6.95. The number of hydrogen-bond acceptors (Lipinski definition) is 5. The minimum atomic E-state index is -0.212. The SMILES string of the molecule is CCOC(=O)Cc1csc(NCCCCC(C)C)n1. The van der Waals surface area contributed by atoms with Gasteiger partial charge in [-0.05, 0) is 19.3 Å². The number of ether oxygens (including phenoxy) is 1. The number of carbonyl (C=O) groups is 1. The van der Waals surface area contributed by atoms with Crippen LogP contribution in [-0.2, 0) is 16.0 Å². The van der Waals surface area contributed by atoms with Gasteiger partial charge in [0, 0.05) is 11.9 Å². The summed E-state index contributed by atoms with van der Waals surface area (Å²) in [6.45, 7) is 7.66. The largest absolute Gasteiger partial charge is 0.466 e. The van der Waals surface area contributed by atoms with Crippen molar-refractivity contribution in [3.05, 3.63) is 11.1 Å². The van der Waals surface area contributed by atoms with Crippen molar-refractivity contribution in [1.82, 2.24) is 4.98 Å². The molecule has 0 aliphatic carbocycles. The number of anilines is 1. The molecule has 0 saturated heterocycles. The summed E-state index contributed by atoms with van der Waals surface area (Å²) >= 11 is 1.54. The lowest BCUT2D eigenvalue weighted by Gasteiger charge is -2.04. The molecule has 0 spiro atoms. The van der Waals surface area contributed by atoms with E-state index in [-0.39, 0.29) is 12.4 Å². The molecule has 5 heteroatoms. The molecule has 1 aromatic rings. The summed E-state index contributed by atoms with van der Waals surface area (Å²) in [5, 5.41) is 6.10. The molecular weight excluding hydrogens is 260 g/mol. The summed E-state index contributed by atoms with van der Waals surface area (Å²) in [4.78, 5) is 15.7. The highest BCUT2D eigenvalue weighted by Gasteiger charge is 2.07. The van der Waals surface area contributed by atoms with Crippen LogP contribution in [0.5, 0.6) is 0 Å². The maximum atomic E-state index is 11.3. The Labute approximate surface area is 119 Å². The molecular formula is C14H24N2O2S. The van der Waals surface area contributed by atoms with Crippen LogP contribution in [-0.4, -0.2) is 24.1 Å². The number of nitrogens with zero attached hydrogens (tertiary/aromatic N) is 1. The Morgan fingerprint density at radius 3 is 2.95 bits per heavy atom. The van der Waals surface area contributed by atoms with Crippen molar-refractivity contribution in [3.63, 3.8) is 0 Å². The van der Waals surface area contributed by atoms with Gasteiger partial charge in [0.05, 0.1) is 18.7 Å². The maximum absolute atomic E-state index is 11.3. The molecule has 0 amide bonds. The van der Waals surface area contributed by atoms with E-state index in [2.05, 4.69) is 24.1 Å². The zero-order chi connectivity index (χ0) is 14.1. The van der Waals surface area contributed by atoms with Gasteiger partial charge < -0.3 is 10.1 Å². The molecule has 0 radical (unpaired) electrons. The monoisotopic (exact) mass is 284 g/mol. The molecule has 1 N–H and O–H groups in total. The average molecular weight is 284 g/mol. The molecule has 0 saturated carbocycles. The molecule has 0 aromatic carbocycles. The third-order valence-corrected chi connectivity index (χ3v) is 3.52. The van der Waals surface area contributed by atoms with E-state index >= 15 is 0 Å². The number of thiazole rings is 1. The molecule has 0 fully saturated rings. The standard InChI is InChI=1S/C14H24N2O2S/c1-4-18-13(17)9-12-10-19-14(16-12)15-8-6-5-7-11(2)3/h10-11H,4-9H2,1-3H3,(H,15,16). The second kappa shape index (κ2) is 8.91. The molecule has 0 aliphatic heterocycles. The Morgan fingerprint density at radius 1 is 1.47 bits per heavy atom. The predicted molar refractivity (Wildman–Crippen MR) is 79.6 cm³/mol. The summed E-state index contributed by atoms with van der Waals surface area (Å²) in [7, 11) is 0. The highest BCUT2D eigenvalue weighted by Crippen LogP contribution is 2.16. The lowest BCUT2D eigenvalue weighted by molar-refractivity contribution is -0.142. The third kappa shape index (κ3) is 7.15. The van der Waals surface area contributed by atoms with Crippen LogP contribution >= 0.6 is 11.3 Å². The Bertz CT molecular complexity index is 377. The van der Waals surface area contributed by atoms with Gasteiger partial charge in [-0.3, -0.25) is 4.79 Å². The van der Waals surface area contributed by atoms with Crippen molar-refractivity contribution < 1.29 is 9.53 Å². The van der Waals surface area contributed by atoms with Crippen LogP contribution in [0.15, 0.2) is 5.38 Å². The fourth-order valence-corrected chi connectivity index (χ4v) is 2.44. The predicted octanol–water partition coefficient (Wildman–Crippen LogP) is 3.49. The van der Waals surface area contributed by atoms with Crippen molar-refractivity contribution in [2.75, 3.05) is 18.5 Å². The quantitative estimate of drug-likeness (QED) is 0.557. The van der Waals surface area contributed by atoms with E-state index < -0.39 is 0 Å². The minimum Gasteiger partial charge on any atom is -0.466 e. The van der Waals surface area contributed by atoms with Crippen molar-refractivity contribution in [1.29, 1.82) is 0 Å². The van der Waals surface area contributed by atoms with E-state index in [4.69, 9.17) is 4.74 Å². The fourth-order valence-electron chi connectivity index (χ4n) is 1.70. The van der Waals surface area contributed by atoms with Crippen LogP contribution in [0.1, 0.15) is 45.7 Å². The van der Waals surface area contributed by atoms with E-state index in [0.29, 0.717) is 6.61 Å². The Hall–Kier alpha value is -1.10. The molecule has 0 unspecified atom stereocenters. The van der Waals surface area contributed by atoms with Crippen LogP contribution in [0.2, 0.25) is 0 Å². The van der Waals surface area contributed by atoms with Crippen LogP contribution in [0.4, 0.5) is 5.13 Å². The molecule has 4 nitrogen and oxygen atoms in total. The average Bonchev–Trinajstić information content (AvgIpc) is 2.76. The van der Waals surface area contributed by atoms with Gasteiger partial charge >= 0.3 is 5.97 Å². The van der Waals surface area contributed by atoms with Gasteiger partial charge in [0.25, 0.3) is 0 Å². The first kappa shape index (κ1) is 16.0. The Morgan fingerprint density at radius 2 is 2.26 bits per heavy atom. The van der Waals surface area contributed by atoms with Crippen LogP contribution in [0.25, 0.3) is 0 Å². The second-order valence-electron chi connectivity index (χ2n) is 4.94. The molecule has 19 heavy (non-hydrogen) atoms. The van der Waals surface area contributed by atoms with Crippen LogP contribution < -0.4 is 5.32 Å². The van der Waals surface area contributed by atoms with Gasteiger partial charge in [-0.25, -0.2) is 4.98 Å². The third-order valence-electron chi connectivity index (χ3n) is 2.67. The van der Waals surface area contributed by atoms with Crippen molar-refractivity contribution in [2.45, 2.75) is 46.5 Å². The van der Waals surface area contributed by atoms with E-state index in [1.807, 2.05) is 12.3 Å². The van der Waals surface area contributed by atoms with Gasteiger partial charge in [0.1, 0.15) is 0 Å². The topological polar surface area (TPSA) is 51.2 Å². The highest BCUT2D eigenvalue weighted by atomic mass is 32.1. The number of nitrogens with one attached hydrogen (secondary N) is 1. The Kier molecular flexibility index (Phi) is 7.48. The van der Waals surface area contributed by atoms with Gasteiger partial charge in [0.15, 0.2) is 5.13 Å². The zero-order valence-corrected chi connectivity index (χ0v) is 12.9. The number of carbonyl (C=O) groups excluding carboxylic acids is 1. The number of unbranched alkanes of at least 4 members (excludes halogenated alkanes) is 1. The summed E-state index contributed by atoms with van der Waals surface area (Å²) in [5.74, 6) is 0.562. The van der Waals surface area contributed by atoms with E-state index in [9.17, 15) is 4.79 Å². The van der Waals surface area contributed by atoms with Crippen molar-refractivity contribution in [3.8, 4) is 0 Å². The maximum Gasteiger partial charge on any atom is 0.311 e. The van der Waals surface area contributed by atoms with Crippen molar-refractivity contribution in [2.24, 2.45) is 5.92 Å². The first-order chi connectivity index (χ1) is 9.11. The smallest absolute Gasteiger partial charge is 0.311 e. The highest BCUT2D eigenvalue weighted by molar-refractivity contribution is 7.13. The fraction of sp³-hybridized carbons (Fsp3) is 0.714. The van der Waals surface area contributed by atoms with Gasteiger partial charge in [0.2, 0.25) is 0 Å². The molecule has 0 aliphatic rings. The lowest BCUT2D eigenvalue weighted by atomic mass is 10.1.